The van der Waals surface area contributed by atoms with E-state index in [0.717, 1.165) is 11.1 Å². The van der Waals surface area contributed by atoms with E-state index in [9.17, 15) is 14.4 Å². The maximum absolute atomic E-state index is 12.3. The van der Waals surface area contributed by atoms with E-state index in [0.29, 0.717) is 18.5 Å². The van der Waals surface area contributed by atoms with Crippen LogP contribution in [0.4, 0.5) is 0 Å². The van der Waals surface area contributed by atoms with Crippen LogP contribution in [0.5, 0.6) is 0 Å². The number of rotatable bonds is 6. The monoisotopic (exact) mass is 375 g/mol. The first-order valence-corrected chi connectivity index (χ1v) is 8.99. The molecule has 0 bridgehead atoms. The van der Waals surface area contributed by atoms with E-state index in [1.807, 2.05) is 60.7 Å². The summed E-state index contributed by atoms with van der Waals surface area (Å²) in [4.78, 5) is 36.3. The molecular weight excluding hydrogens is 354 g/mol. The number of carbonyl (C=O) groups is 2. The molecule has 142 valence electrons. The Morgan fingerprint density at radius 1 is 0.786 bits per heavy atom. The van der Waals surface area contributed by atoms with Gasteiger partial charge in [-0.3, -0.25) is 25.2 Å². The SMILES string of the molecule is O=C(CCc1ccccc1)NNC(=O)c1ccc(=O)n(Cc2ccccc2)c1. The van der Waals surface area contributed by atoms with E-state index in [2.05, 4.69) is 10.9 Å². The van der Waals surface area contributed by atoms with Gasteiger partial charge >= 0.3 is 0 Å². The van der Waals surface area contributed by atoms with Crippen LogP contribution < -0.4 is 16.4 Å². The molecule has 0 spiro atoms. The Balaban J connectivity index is 1.56. The number of hydrogen-bond acceptors (Lipinski definition) is 3. The molecule has 0 saturated carbocycles. The zero-order chi connectivity index (χ0) is 19.8. The maximum atomic E-state index is 12.3. The lowest BCUT2D eigenvalue weighted by Gasteiger charge is -2.10. The van der Waals surface area contributed by atoms with Gasteiger partial charge < -0.3 is 4.57 Å². The molecule has 0 radical (unpaired) electrons. The summed E-state index contributed by atoms with van der Waals surface area (Å²) in [5.41, 5.74) is 6.90. The third kappa shape index (κ3) is 5.41. The molecule has 6 nitrogen and oxygen atoms in total. The van der Waals surface area contributed by atoms with E-state index < -0.39 is 5.91 Å². The average molecular weight is 375 g/mol. The van der Waals surface area contributed by atoms with Crippen LogP contribution in [0.25, 0.3) is 0 Å². The van der Waals surface area contributed by atoms with Gasteiger partial charge in [-0.25, -0.2) is 0 Å². The van der Waals surface area contributed by atoms with Gasteiger partial charge in [-0.05, 0) is 23.6 Å². The summed E-state index contributed by atoms with van der Waals surface area (Å²) in [6.07, 6.45) is 2.34. The van der Waals surface area contributed by atoms with Crippen LogP contribution in [-0.2, 0) is 17.8 Å². The zero-order valence-corrected chi connectivity index (χ0v) is 15.3. The largest absolute Gasteiger partial charge is 0.310 e. The molecule has 3 rings (SSSR count). The van der Waals surface area contributed by atoms with Gasteiger partial charge in [0.05, 0.1) is 12.1 Å². The van der Waals surface area contributed by atoms with Gasteiger partial charge in [-0.2, -0.15) is 0 Å². The van der Waals surface area contributed by atoms with Gasteiger partial charge in [-0.15, -0.1) is 0 Å². The number of carbonyl (C=O) groups excluding carboxylic acids is 2. The van der Waals surface area contributed by atoms with Crippen LogP contribution in [0.3, 0.4) is 0 Å². The molecule has 28 heavy (non-hydrogen) atoms. The molecule has 2 amide bonds. The Hall–Kier alpha value is -3.67. The second kappa shape index (κ2) is 9.32. The summed E-state index contributed by atoms with van der Waals surface area (Å²) in [5, 5.41) is 0. The summed E-state index contributed by atoms with van der Waals surface area (Å²) in [6, 6.07) is 21.9. The molecule has 0 saturated heterocycles. The fraction of sp³-hybridized carbons (Fsp3) is 0.136. The Kier molecular flexibility index (Phi) is 6.36. The van der Waals surface area contributed by atoms with Crippen molar-refractivity contribution in [1.29, 1.82) is 0 Å². The van der Waals surface area contributed by atoms with E-state index in [4.69, 9.17) is 0 Å². The minimum absolute atomic E-state index is 0.202. The van der Waals surface area contributed by atoms with E-state index in [-0.39, 0.29) is 17.9 Å². The zero-order valence-electron chi connectivity index (χ0n) is 15.3. The van der Waals surface area contributed by atoms with E-state index in [1.54, 1.807) is 0 Å². The topological polar surface area (TPSA) is 80.2 Å². The predicted octanol–water partition coefficient (Wildman–Crippen LogP) is 2.29. The normalized spacial score (nSPS) is 10.3. The Morgan fingerprint density at radius 2 is 1.43 bits per heavy atom. The molecule has 2 aromatic carbocycles. The highest BCUT2D eigenvalue weighted by molar-refractivity contribution is 5.95. The standard InChI is InChI=1S/C22H21N3O3/c26-20(13-11-17-7-3-1-4-8-17)23-24-22(28)19-12-14-21(27)25(16-19)15-18-9-5-2-6-10-18/h1-10,12,14,16H,11,13,15H2,(H,23,26)(H,24,28). The lowest BCUT2D eigenvalue weighted by Crippen LogP contribution is -2.42. The average Bonchev–Trinajstić information content (AvgIpc) is 2.73. The minimum atomic E-state index is -0.477. The van der Waals surface area contributed by atoms with Gasteiger partial charge in [0.15, 0.2) is 0 Å². The third-order valence-electron chi connectivity index (χ3n) is 4.24. The number of aryl methyl sites for hydroxylation is 1. The van der Waals surface area contributed by atoms with Crippen molar-refractivity contribution in [2.45, 2.75) is 19.4 Å². The van der Waals surface area contributed by atoms with Crippen molar-refractivity contribution in [2.24, 2.45) is 0 Å². The molecule has 0 atom stereocenters. The van der Waals surface area contributed by atoms with Crippen LogP contribution in [0.2, 0.25) is 0 Å². The van der Waals surface area contributed by atoms with Crippen LogP contribution in [0.1, 0.15) is 27.9 Å². The highest BCUT2D eigenvalue weighted by Crippen LogP contribution is 2.03. The van der Waals surface area contributed by atoms with Crippen LogP contribution in [0, 0.1) is 0 Å². The Morgan fingerprint density at radius 3 is 2.11 bits per heavy atom. The fourth-order valence-corrected chi connectivity index (χ4v) is 2.73. The van der Waals surface area contributed by atoms with E-state index >= 15 is 0 Å². The van der Waals surface area contributed by atoms with Crippen molar-refractivity contribution >= 4 is 11.8 Å². The quantitative estimate of drug-likeness (QED) is 0.649. The summed E-state index contributed by atoms with van der Waals surface area (Å²) in [6.45, 7) is 0.365. The Bertz CT molecular complexity index is 998. The van der Waals surface area contributed by atoms with Gasteiger partial charge in [0.25, 0.3) is 11.5 Å². The molecule has 2 N–H and O–H groups in total. The number of aromatic nitrogens is 1. The second-order valence-electron chi connectivity index (χ2n) is 6.36. The van der Waals surface area contributed by atoms with Crippen molar-refractivity contribution in [3.8, 4) is 0 Å². The molecule has 3 aromatic rings. The number of nitrogens with one attached hydrogen (secondary N) is 2. The lowest BCUT2D eigenvalue weighted by atomic mass is 10.1. The summed E-state index contributed by atoms with van der Waals surface area (Å²) >= 11 is 0. The van der Waals surface area contributed by atoms with Crippen molar-refractivity contribution in [3.05, 3.63) is 106 Å². The maximum Gasteiger partial charge on any atom is 0.271 e. The van der Waals surface area contributed by atoms with Crippen molar-refractivity contribution in [2.75, 3.05) is 0 Å². The van der Waals surface area contributed by atoms with Gasteiger partial charge in [0.2, 0.25) is 5.91 Å². The number of benzene rings is 2. The molecule has 0 aliphatic rings. The number of amides is 2. The van der Waals surface area contributed by atoms with Crippen molar-refractivity contribution in [1.82, 2.24) is 15.4 Å². The molecule has 0 aliphatic heterocycles. The van der Waals surface area contributed by atoms with Gasteiger partial charge in [0.1, 0.15) is 0 Å². The molecule has 0 fully saturated rings. The highest BCUT2D eigenvalue weighted by atomic mass is 16.2. The first kappa shape index (κ1) is 19.1. The first-order valence-electron chi connectivity index (χ1n) is 8.99. The summed E-state index contributed by atoms with van der Waals surface area (Å²) in [5.74, 6) is -0.760. The molecular formula is C22H21N3O3. The third-order valence-corrected chi connectivity index (χ3v) is 4.24. The predicted molar refractivity (Wildman–Crippen MR) is 107 cm³/mol. The lowest BCUT2D eigenvalue weighted by molar-refractivity contribution is -0.121. The molecule has 1 heterocycles. The fourth-order valence-electron chi connectivity index (χ4n) is 2.73. The number of hydrogen-bond donors (Lipinski definition) is 2. The van der Waals surface area contributed by atoms with Crippen LogP contribution in [0.15, 0.2) is 83.8 Å². The van der Waals surface area contributed by atoms with Crippen molar-refractivity contribution in [3.63, 3.8) is 0 Å². The number of nitrogens with zero attached hydrogens (tertiary/aromatic N) is 1. The Labute approximate surface area is 162 Å². The first-order chi connectivity index (χ1) is 13.6. The molecule has 0 unspecified atom stereocenters. The van der Waals surface area contributed by atoms with E-state index in [1.165, 1.54) is 22.9 Å². The van der Waals surface area contributed by atoms with Crippen LogP contribution in [-0.4, -0.2) is 16.4 Å². The van der Waals surface area contributed by atoms with Gasteiger partial charge in [-0.1, -0.05) is 60.7 Å². The number of hydrazine groups is 1. The summed E-state index contributed by atoms with van der Waals surface area (Å²) < 4.78 is 1.46. The number of pyridine rings is 1. The minimum Gasteiger partial charge on any atom is -0.310 e. The second-order valence-corrected chi connectivity index (χ2v) is 6.36. The van der Waals surface area contributed by atoms with Gasteiger partial charge in [0, 0.05) is 18.7 Å². The molecule has 1 aromatic heterocycles. The molecule has 0 aliphatic carbocycles. The highest BCUT2D eigenvalue weighted by Gasteiger charge is 2.10. The van der Waals surface area contributed by atoms with Crippen molar-refractivity contribution < 1.29 is 9.59 Å². The molecule has 6 heteroatoms. The summed E-state index contributed by atoms with van der Waals surface area (Å²) in [7, 11) is 0. The van der Waals surface area contributed by atoms with Crippen LogP contribution >= 0.6 is 0 Å². The smallest absolute Gasteiger partial charge is 0.271 e.